The Hall–Kier alpha value is -1.50. The Morgan fingerprint density at radius 1 is 1.32 bits per heavy atom. The molecular weight excluding hydrogens is 238 g/mol. The van der Waals surface area contributed by atoms with E-state index < -0.39 is 0 Å². The van der Waals surface area contributed by atoms with E-state index in [0.29, 0.717) is 25.9 Å². The van der Waals surface area contributed by atoms with Crippen LogP contribution in [0.5, 0.6) is 5.75 Å². The molecule has 0 saturated carbocycles. The van der Waals surface area contributed by atoms with E-state index in [-0.39, 0.29) is 0 Å². The number of nitrogens with two attached hydrogens (primary N) is 1. The fraction of sp³-hybridized carbons (Fsp3) is 0.500. The molecule has 0 heterocycles. The molecule has 0 saturated heterocycles. The zero-order valence-electron chi connectivity index (χ0n) is 11.8. The summed E-state index contributed by atoms with van der Waals surface area (Å²) in [5.41, 5.74) is 6.26. The maximum absolute atomic E-state index is 5.63. The molecule has 1 aromatic rings. The Balaban J connectivity index is 2.33. The number of benzene rings is 1. The molecule has 2 N–H and O–H groups in total. The molecule has 0 aromatic heterocycles. The van der Waals surface area contributed by atoms with Crippen LogP contribution in [0.1, 0.15) is 32.3 Å². The van der Waals surface area contributed by atoms with Crippen molar-refractivity contribution in [2.75, 3.05) is 19.8 Å². The summed E-state index contributed by atoms with van der Waals surface area (Å²) in [7, 11) is 0. The van der Waals surface area contributed by atoms with Gasteiger partial charge in [0.15, 0.2) is 0 Å². The number of ether oxygens (including phenoxy) is 2. The third kappa shape index (κ3) is 6.85. The van der Waals surface area contributed by atoms with Gasteiger partial charge in [0.25, 0.3) is 0 Å². The topological polar surface area (TPSA) is 44.5 Å². The van der Waals surface area contributed by atoms with Crippen LogP contribution in [0.25, 0.3) is 0 Å². The van der Waals surface area contributed by atoms with Crippen molar-refractivity contribution in [1.82, 2.24) is 0 Å². The quantitative estimate of drug-likeness (QED) is 0.606. The van der Waals surface area contributed by atoms with Crippen LogP contribution in [0.2, 0.25) is 0 Å². The molecule has 1 atom stereocenters. The molecule has 0 amide bonds. The molecule has 3 nitrogen and oxygen atoms in total. The first-order chi connectivity index (χ1) is 9.26. The first-order valence-electron chi connectivity index (χ1n) is 6.79. The second-order valence-electron chi connectivity index (χ2n) is 4.35. The van der Waals surface area contributed by atoms with E-state index in [1.54, 1.807) is 0 Å². The zero-order valence-corrected chi connectivity index (χ0v) is 11.8. The summed E-state index contributed by atoms with van der Waals surface area (Å²) in [5.74, 6) is 6.62. The van der Waals surface area contributed by atoms with Gasteiger partial charge < -0.3 is 15.2 Å². The van der Waals surface area contributed by atoms with Crippen LogP contribution in [-0.4, -0.2) is 25.9 Å². The minimum atomic E-state index is 0.301. The van der Waals surface area contributed by atoms with E-state index in [0.717, 1.165) is 24.2 Å². The third-order valence-electron chi connectivity index (χ3n) is 2.62. The summed E-state index contributed by atoms with van der Waals surface area (Å²) < 4.78 is 11.3. The third-order valence-corrected chi connectivity index (χ3v) is 2.62. The Bertz CT molecular complexity index is 420. The van der Waals surface area contributed by atoms with Crippen LogP contribution >= 0.6 is 0 Å². The number of hydrogen-bond acceptors (Lipinski definition) is 3. The highest BCUT2D eigenvalue weighted by Gasteiger charge is 2.00. The predicted molar refractivity (Wildman–Crippen MR) is 78.2 cm³/mol. The second-order valence-corrected chi connectivity index (χ2v) is 4.35. The molecule has 1 rings (SSSR count). The lowest BCUT2D eigenvalue weighted by Crippen LogP contribution is -2.13. The molecule has 0 spiro atoms. The molecule has 1 aromatic carbocycles. The fourth-order valence-corrected chi connectivity index (χ4v) is 1.72. The Morgan fingerprint density at radius 3 is 2.89 bits per heavy atom. The highest BCUT2D eigenvalue weighted by atomic mass is 16.5. The molecule has 1 unspecified atom stereocenters. The minimum Gasteiger partial charge on any atom is -0.491 e. The Labute approximate surface area is 116 Å². The summed E-state index contributed by atoms with van der Waals surface area (Å²) in [4.78, 5) is 0. The van der Waals surface area contributed by atoms with Gasteiger partial charge in [-0.25, -0.2) is 0 Å². The lowest BCUT2D eigenvalue weighted by atomic mass is 10.2. The van der Waals surface area contributed by atoms with Gasteiger partial charge in [0.2, 0.25) is 0 Å². The van der Waals surface area contributed by atoms with Crippen molar-refractivity contribution in [3.8, 4) is 17.6 Å². The summed E-state index contributed by atoms with van der Waals surface area (Å²) in [6.07, 6.45) is 2.53. The van der Waals surface area contributed by atoms with Crippen LogP contribution in [-0.2, 0) is 4.74 Å². The average molecular weight is 261 g/mol. The highest BCUT2D eigenvalue weighted by Crippen LogP contribution is 2.12. The van der Waals surface area contributed by atoms with Gasteiger partial charge in [0, 0.05) is 5.56 Å². The van der Waals surface area contributed by atoms with Gasteiger partial charge in [0.05, 0.1) is 19.3 Å². The second kappa shape index (κ2) is 9.43. The van der Waals surface area contributed by atoms with Crippen LogP contribution in [0.15, 0.2) is 24.3 Å². The van der Waals surface area contributed by atoms with Crippen molar-refractivity contribution in [3.05, 3.63) is 29.8 Å². The van der Waals surface area contributed by atoms with Crippen LogP contribution in [0.4, 0.5) is 0 Å². The van der Waals surface area contributed by atoms with Gasteiger partial charge in [-0.15, -0.1) is 0 Å². The maximum Gasteiger partial charge on any atom is 0.120 e. The van der Waals surface area contributed by atoms with E-state index in [1.807, 2.05) is 24.3 Å². The molecule has 0 aliphatic rings. The summed E-state index contributed by atoms with van der Waals surface area (Å²) in [6.45, 7) is 5.78. The molecule has 3 heteroatoms. The van der Waals surface area contributed by atoms with Crippen molar-refractivity contribution >= 4 is 0 Å². The first-order valence-corrected chi connectivity index (χ1v) is 6.79. The summed E-state index contributed by atoms with van der Waals surface area (Å²) in [5, 5.41) is 0. The number of rotatable bonds is 7. The molecule has 0 radical (unpaired) electrons. The zero-order chi connectivity index (χ0) is 13.9. The van der Waals surface area contributed by atoms with Crippen molar-refractivity contribution in [2.24, 2.45) is 5.73 Å². The molecular formula is C16H23NO2. The lowest BCUT2D eigenvalue weighted by molar-refractivity contribution is 0.0395. The van der Waals surface area contributed by atoms with Gasteiger partial charge in [-0.3, -0.25) is 0 Å². The first kappa shape index (κ1) is 15.6. The van der Waals surface area contributed by atoms with Gasteiger partial charge in [0.1, 0.15) is 12.4 Å². The SMILES string of the molecule is CCCC(C)OCCOc1cccc(C#CCN)c1. The average Bonchev–Trinajstić information content (AvgIpc) is 2.42. The summed E-state index contributed by atoms with van der Waals surface area (Å²) in [6, 6.07) is 7.70. The Kier molecular flexibility index (Phi) is 7.72. The van der Waals surface area contributed by atoms with Crippen LogP contribution in [0, 0.1) is 11.8 Å². The van der Waals surface area contributed by atoms with Crippen molar-refractivity contribution < 1.29 is 9.47 Å². The molecule has 0 aliphatic heterocycles. The van der Waals surface area contributed by atoms with Crippen LogP contribution < -0.4 is 10.5 Å². The molecule has 0 bridgehead atoms. The van der Waals surface area contributed by atoms with E-state index >= 15 is 0 Å². The highest BCUT2D eigenvalue weighted by molar-refractivity contribution is 5.39. The predicted octanol–water partition coefficient (Wildman–Crippen LogP) is 2.58. The monoisotopic (exact) mass is 261 g/mol. The van der Waals surface area contributed by atoms with E-state index in [2.05, 4.69) is 25.7 Å². The summed E-state index contributed by atoms with van der Waals surface area (Å²) >= 11 is 0. The maximum atomic E-state index is 5.63. The van der Waals surface area contributed by atoms with Crippen molar-refractivity contribution in [2.45, 2.75) is 32.8 Å². The molecule has 19 heavy (non-hydrogen) atoms. The smallest absolute Gasteiger partial charge is 0.120 e. The normalized spacial score (nSPS) is 11.5. The van der Waals surface area contributed by atoms with Gasteiger partial charge >= 0.3 is 0 Å². The van der Waals surface area contributed by atoms with Crippen molar-refractivity contribution in [1.29, 1.82) is 0 Å². The molecule has 0 fully saturated rings. The lowest BCUT2D eigenvalue weighted by Gasteiger charge is -2.12. The standard InChI is InChI=1S/C16H23NO2/c1-3-6-14(2)18-11-12-19-16-9-4-7-15(13-16)8-5-10-17/h4,7,9,13-14H,3,6,10-12,17H2,1-2H3. The van der Waals surface area contributed by atoms with Gasteiger partial charge in [-0.1, -0.05) is 31.3 Å². The minimum absolute atomic E-state index is 0.301. The largest absolute Gasteiger partial charge is 0.491 e. The fourth-order valence-electron chi connectivity index (χ4n) is 1.72. The van der Waals surface area contributed by atoms with Crippen molar-refractivity contribution in [3.63, 3.8) is 0 Å². The Morgan fingerprint density at radius 2 is 2.16 bits per heavy atom. The van der Waals surface area contributed by atoms with Gasteiger partial charge in [-0.2, -0.15) is 0 Å². The molecule has 0 aliphatic carbocycles. The van der Waals surface area contributed by atoms with E-state index in [4.69, 9.17) is 15.2 Å². The number of hydrogen-bond donors (Lipinski definition) is 1. The van der Waals surface area contributed by atoms with Gasteiger partial charge in [-0.05, 0) is 31.5 Å². The van der Waals surface area contributed by atoms with E-state index in [1.165, 1.54) is 0 Å². The van der Waals surface area contributed by atoms with Crippen LogP contribution in [0.3, 0.4) is 0 Å². The van der Waals surface area contributed by atoms with E-state index in [9.17, 15) is 0 Å². The molecule has 104 valence electrons.